The molecule has 0 saturated carbocycles. The number of imidazole rings is 1. The Morgan fingerprint density at radius 1 is 1.56 bits per heavy atom. The van der Waals surface area contributed by atoms with Gasteiger partial charge in [0.15, 0.2) is 0 Å². The van der Waals surface area contributed by atoms with Crippen LogP contribution in [0.5, 0.6) is 0 Å². The van der Waals surface area contributed by atoms with Crippen molar-refractivity contribution < 1.29 is 19.8 Å². The van der Waals surface area contributed by atoms with Gasteiger partial charge in [-0.05, 0) is 13.3 Å². The minimum atomic E-state index is -1.45. The van der Waals surface area contributed by atoms with Gasteiger partial charge in [0.1, 0.15) is 11.2 Å². The lowest BCUT2D eigenvalue weighted by atomic mass is 9.92. The highest BCUT2D eigenvalue weighted by Gasteiger charge is 2.30. The molecule has 8 heteroatoms. The molecule has 8 nitrogen and oxygen atoms in total. The van der Waals surface area contributed by atoms with Gasteiger partial charge in [0.2, 0.25) is 0 Å². The predicted molar refractivity (Wildman–Crippen MR) is 62.1 cm³/mol. The number of carboxylic acids is 2. The summed E-state index contributed by atoms with van der Waals surface area (Å²) in [6.45, 7) is 1.36. The second-order valence-corrected chi connectivity index (χ2v) is 4.42. The molecule has 1 heterocycles. The molecule has 0 unspecified atom stereocenters. The number of aliphatic carboxylic acids is 1. The van der Waals surface area contributed by atoms with Gasteiger partial charge in [-0.3, -0.25) is 4.79 Å². The highest BCUT2D eigenvalue weighted by molar-refractivity contribution is 5.86. The number of nitrogens with two attached hydrogens (primary N) is 2. The third kappa shape index (κ3) is 3.28. The van der Waals surface area contributed by atoms with Crippen LogP contribution in [0, 0.1) is 0 Å². The third-order valence-corrected chi connectivity index (χ3v) is 2.56. The Bertz CT molecular complexity index is 454. The summed E-state index contributed by atoms with van der Waals surface area (Å²) in [6.07, 6.45) is 1.42. The van der Waals surface area contributed by atoms with E-state index in [0.29, 0.717) is 0 Å². The quantitative estimate of drug-likeness (QED) is 0.444. The Kier molecular flexibility index (Phi) is 4.04. The van der Waals surface area contributed by atoms with Crippen LogP contribution in [0.1, 0.15) is 29.5 Å². The fraction of sp³-hybridized carbons (Fsp3) is 0.500. The number of nitrogens with one attached hydrogen (secondary N) is 1. The summed E-state index contributed by atoms with van der Waals surface area (Å²) in [7, 11) is 0. The standard InChI is InChI=1S/C10H16N4O4/c1-10(12,9(17)18)3-5(11)2-6-7(8(15)16)14-4-13-6/h4-5H,2-3,11-12H2,1H3,(H,13,14)(H,15,16)(H,17,18)/t5-,10+/m0/s1. The van der Waals surface area contributed by atoms with Gasteiger partial charge in [-0.15, -0.1) is 0 Å². The van der Waals surface area contributed by atoms with Crippen LogP contribution in [-0.4, -0.2) is 43.7 Å². The van der Waals surface area contributed by atoms with Crippen LogP contribution in [0.15, 0.2) is 6.33 Å². The number of carbonyl (C=O) groups is 2. The van der Waals surface area contributed by atoms with Crippen LogP contribution in [-0.2, 0) is 11.2 Å². The number of nitrogens with zero attached hydrogens (tertiary/aromatic N) is 1. The van der Waals surface area contributed by atoms with E-state index in [0.717, 1.165) is 0 Å². The van der Waals surface area contributed by atoms with E-state index in [1.807, 2.05) is 0 Å². The number of aromatic nitrogens is 2. The molecule has 0 fully saturated rings. The number of aromatic carboxylic acids is 1. The molecule has 2 atom stereocenters. The van der Waals surface area contributed by atoms with Crippen LogP contribution >= 0.6 is 0 Å². The maximum atomic E-state index is 10.8. The Labute approximate surface area is 103 Å². The molecule has 0 amide bonds. The normalized spacial score (nSPS) is 15.9. The van der Waals surface area contributed by atoms with Gasteiger partial charge in [-0.25, -0.2) is 9.78 Å². The van der Waals surface area contributed by atoms with Crippen LogP contribution < -0.4 is 11.5 Å². The summed E-state index contributed by atoms with van der Waals surface area (Å²) >= 11 is 0. The van der Waals surface area contributed by atoms with Crippen LogP contribution in [0.25, 0.3) is 0 Å². The molecule has 0 bridgehead atoms. The van der Waals surface area contributed by atoms with E-state index in [2.05, 4.69) is 9.97 Å². The highest BCUT2D eigenvalue weighted by Crippen LogP contribution is 2.13. The first kappa shape index (κ1) is 14.1. The molecule has 0 saturated heterocycles. The summed E-state index contributed by atoms with van der Waals surface area (Å²) in [5.74, 6) is -2.29. The van der Waals surface area contributed by atoms with Crippen molar-refractivity contribution >= 4 is 11.9 Å². The number of H-pyrrole nitrogens is 1. The zero-order chi connectivity index (χ0) is 13.9. The second-order valence-electron chi connectivity index (χ2n) is 4.42. The second kappa shape index (κ2) is 5.15. The smallest absolute Gasteiger partial charge is 0.354 e. The number of hydrogen-bond donors (Lipinski definition) is 5. The summed E-state index contributed by atoms with van der Waals surface area (Å²) in [4.78, 5) is 28.0. The van der Waals surface area contributed by atoms with Gasteiger partial charge in [-0.2, -0.15) is 0 Å². The monoisotopic (exact) mass is 256 g/mol. The van der Waals surface area contributed by atoms with E-state index in [1.165, 1.54) is 13.3 Å². The van der Waals surface area contributed by atoms with Crippen molar-refractivity contribution in [3.8, 4) is 0 Å². The number of carboxylic acid groups (broad SMARTS) is 2. The van der Waals surface area contributed by atoms with Crippen molar-refractivity contribution in [2.24, 2.45) is 11.5 Å². The molecule has 1 aromatic rings. The average Bonchev–Trinajstić information content (AvgIpc) is 2.64. The van der Waals surface area contributed by atoms with Crippen LogP contribution in [0.2, 0.25) is 0 Å². The van der Waals surface area contributed by atoms with Gasteiger partial charge in [0.25, 0.3) is 0 Å². The summed E-state index contributed by atoms with van der Waals surface area (Å²) in [5, 5.41) is 17.7. The van der Waals surface area contributed by atoms with Gasteiger partial charge < -0.3 is 26.7 Å². The number of hydrogen-bond acceptors (Lipinski definition) is 5. The zero-order valence-electron chi connectivity index (χ0n) is 9.88. The maximum Gasteiger partial charge on any atom is 0.354 e. The molecule has 0 aliphatic heterocycles. The fourth-order valence-electron chi connectivity index (χ4n) is 1.62. The molecule has 100 valence electrons. The molecule has 0 aliphatic rings. The number of aromatic amines is 1. The van der Waals surface area contributed by atoms with Crippen LogP contribution in [0.3, 0.4) is 0 Å². The molecule has 1 aromatic heterocycles. The highest BCUT2D eigenvalue weighted by atomic mass is 16.4. The molecule has 18 heavy (non-hydrogen) atoms. The van der Waals surface area contributed by atoms with E-state index in [4.69, 9.17) is 21.7 Å². The van der Waals surface area contributed by atoms with Crippen molar-refractivity contribution in [3.05, 3.63) is 17.7 Å². The lowest BCUT2D eigenvalue weighted by Gasteiger charge is -2.22. The molecule has 0 aromatic carbocycles. The summed E-state index contributed by atoms with van der Waals surface area (Å²) in [6, 6.07) is -0.586. The van der Waals surface area contributed by atoms with E-state index < -0.39 is 23.5 Å². The number of rotatable bonds is 6. The van der Waals surface area contributed by atoms with E-state index >= 15 is 0 Å². The maximum absolute atomic E-state index is 10.8. The molecular weight excluding hydrogens is 240 g/mol. The third-order valence-electron chi connectivity index (χ3n) is 2.56. The first-order chi connectivity index (χ1) is 8.24. The van der Waals surface area contributed by atoms with Gasteiger partial charge >= 0.3 is 11.9 Å². The van der Waals surface area contributed by atoms with Crippen LogP contribution in [0.4, 0.5) is 0 Å². The largest absolute Gasteiger partial charge is 0.480 e. The van der Waals surface area contributed by atoms with Crippen molar-refractivity contribution in [1.82, 2.24) is 9.97 Å². The Morgan fingerprint density at radius 2 is 2.17 bits per heavy atom. The van der Waals surface area contributed by atoms with E-state index in [-0.39, 0.29) is 24.2 Å². The van der Waals surface area contributed by atoms with Crippen molar-refractivity contribution in [1.29, 1.82) is 0 Å². The zero-order valence-corrected chi connectivity index (χ0v) is 9.88. The first-order valence-corrected chi connectivity index (χ1v) is 5.27. The molecule has 0 spiro atoms. The molecule has 7 N–H and O–H groups in total. The van der Waals surface area contributed by atoms with E-state index in [1.54, 1.807) is 0 Å². The topological polar surface area (TPSA) is 155 Å². The van der Waals surface area contributed by atoms with Gasteiger partial charge in [0, 0.05) is 12.5 Å². The molecule has 1 rings (SSSR count). The van der Waals surface area contributed by atoms with Crippen molar-refractivity contribution in [2.75, 3.05) is 0 Å². The Balaban J connectivity index is 2.71. The minimum absolute atomic E-state index is 0.0221. The summed E-state index contributed by atoms with van der Waals surface area (Å²) in [5.41, 5.74) is 10.1. The fourth-order valence-corrected chi connectivity index (χ4v) is 1.62. The average molecular weight is 256 g/mol. The lowest BCUT2D eigenvalue weighted by molar-refractivity contribution is -0.143. The van der Waals surface area contributed by atoms with E-state index in [9.17, 15) is 9.59 Å². The van der Waals surface area contributed by atoms with Crippen molar-refractivity contribution in [3.63, 3.8) is 0 Å². The first-order valence-electron chi connectivity index (χ1n) is 5.27. The lowest BCUT2D eigenvalue weighted by Crippen LogP contribution is -2.49. The van der Waals surface area contributed by atoms with Gasteiger partial charge in [-0.1, -0.05) is 0 Å². The predicted octanol–water partition coefficient (Wildman–Crippen LogP) is -0.830. The SMILES string of the molecule is C[C@@](N)(C[C@@H](N)Cc1nc[nH]c1C(=O)O)C(=O)O. The molecule has 0 radical (unpaired) electrons. The molecule has 0 aliphatic carbocycles. The van der Waals surface area contributed by atoms with Crippen molar-refractivity contribution in [2.45, 2.75) is 31.3 Å². The molecular formula is C10H16N4O4. The Morgan fingerprint density at radius 3 is 2.67 bits per heavy atom. The minimum Gasteiger partial charge on any atom is -0.480 e. The Hall–Kier alpha value is -1.93. The van der Waals surface area contributed by atoms with Gasteiger partial charge in [0.05, 0.1) is 12.0 Å². The summed E-state index contributed by atoms with van der Waals surface area (Å²) < 4.78 is 0.